The minimum absolute atomic E-state index is 0.00126. The largest absolute Gasteiger partial charge is 0.390 e. The maximum absolute atomic E-state index is 9.95. The Morgan fingerprint density at radius 3 is 2.50 bits per heavy atom. The molecule has 1 heterocycles. The number of anilines is 1. The first-order chi connectivity index (χ1) is 8.39. The molecule has 3 N–H and O–H groups in total. The van der Waals surface area contributed by atoms with Crippen LogP contribution in [0.1, 0.15) is 38.3 Å². The van der Waals surface area contributed by atoms with Gasteiger partial charge >= 0.3 is 0 Å². The van der Waals surface area contributed by atoms with E-state index in [0.717, 1.165) is 42.2 Å². The number of benzene rings is 1. The van der Waals surface area contributed by atoms with Gasteiger partial charge in [0.15, 0.2) is 0 Å². The lowest BCUT2D eigenvalue weighted by atomic mass is 9.93. The van der Waals surface area contributed by atoms with Crippen LogP contribution in [0.5, 0.6) is 0 Å². The molecule has 1 aromatic rings. The van der Waals surface area contributed by atoms with Crippen molar-refractivity contribution in [2.75, 3.05) is 18.0 Å². The number of rotatable bonds is 2. The molecule has 1 aromatic carbocycles. The van der Waals surface area contributed by atoms with Gasteiger partial charge in [0.2, 0.25) is 0 Å². The molecule has 4 heteroatoms. The number of nitrogens with zero attached hydrogens (tertiary/aromatic N) is 1. The Morgan fingerprint density at radius 1 is 1.39 bits per heavy atom. The van der Waals surface area contributed by atoms with Gasteiger partial charge in [0, 0.05) is 19.1 Å². The summed E-state index contributed by atoms with van der Waals surface area (Å²) in [6, 6.07) is 5.99. The zero-order valence-electron chi connectivity index (χ0n) is 11.0. The fourth-order valence-corrected chi connectivity index (χ4v) is 2.60. The summed E-state index contributed by atoms with van der Waals surface area (Å²) in [7, 11) is 0. The lowest BCUT2D eigenvalue weighted by molar-refractivity contribution is 0.0351. The fraction of sp³-hybridized carbons (Fsp3) is 0.571. The maximum atomic E-state index is 9.95. The van der Waals surface area contributed by atoms with Gasteiger partial charge in [0.1, 0.15) is 0 Å². The van der Waals surface area contributed by atoms with Crippen LogP contribution >= 0.6 is 11.6 Å². The number of aliphatic hydroxyl groups is 1. The Balaban J connectivity index is 2.15. The molecule has 100 valence electrons. The summed E-state index contributed by atoms with van der Waals surface area (Å²) in [5.74, 6) is 0. The molecule has 3 nitrogen and oxygen atoms in total. The van der Waals surface area contributed by atoms with Crippen molar-refractivity contribution < 1.29 is 5.11 Å². The zero-order chi connectivity index (χ0) is 13.3. The van der Waals surface area contributed by atoms with E-state index in [2.05, 4.69) is 4.90 Å². The maximum Gasteiger partial charge on any atom is 0.0653 e. The topological polar surface area (TPSA) is 49.5 Å². The highest BCUT2D eigenvalue weighted by Gasteiger charge is 2.28. The van der Waals surface area contributed by atoms with Crippen molar-refractivity contribution in [3.8, 4) is 0 Å². The molecule has 0 aromatic heterocycles. The van der Waals surface area contributed by atoms with Crippen molar-refractivity contribution in [1.82, 2.24) is 0 Å². The van der Waals surface area contributed by atoms with E-state index in [9.17, 15) is 5.11 Å². The molecule has 0 saturated carbocycles. The average Bonchev–Trinajstić information content (AvgIpc) is 2.29. The van der Waals surface area contributed by atoms with Crippen molar-refractivity contribution in [3.63, 3.8) is 0 Å². The van der Waals surface area contributed by atoms with Gasteiger partial charge in [-0.05, 0) is 44.4 Å². The average molecular weight is 269 g/mol. The molecule has 2 rings (SSSR count). The van der Waals surface area contributed by atoms with E-state index in [0.29, 0.717) is 0 Å². The van der Waals surface area contributed by atoms with Gasteiger partial charge in [-0.15, -0.1) is 0 Å². The zero-order valence-corrected chi connectivity index (χ0v) is 11.7. The van der Waals surface area contributed by atoms with Crippen molar-refractivity contribution in [2.24, 2.45) is 5.73 Å². The summed E-state index contributed by atoms with van der Waals surface area (Å²) in [5, 5.41) is 10.7. The van der Waals surface area contributed by atoms with E-state index >= 15 is 0 Å². The highest BCUT2D eigenvalue weighted by Crippen LogP contribution is 2.32. The molecule has 1 saturated heterocycles. The quantitative estimate of drug-likeness (QED) is 0.867. The third-order valence-electron chi connectivity index (χ3n) is 3.68. The van der Waals surface area contributed by atoms with E-state index < -0.39 is 5.60 Å². The van der Waals surface area contributed by atoms with Crippen LogP contribution in [0.2, 0.25) is 5.02 Å². The number of piperidine rings is 1. The fourth-order valence-electron chi connectivity index (χ4n) is 2.29. The second-order valence-electron chi connectivity index (χ2n) is 5.48. The Labute approximate surface area is 114 Å². The van der Waals surface area contributed by atoms with Gasteiger partial charge in [-0.1, -0.05) is 17.7 Å². The molecule has 1 atom stereocenters. The monoisotopic (exact) mass is 268 g/mol. The summed E-state index contributed by atoms with van der Waals surface area (Å²) in [5.41, 5.74) is 7.40. The molecule has 0 aliphatic carbocycles. The van der Waals surface area contributed by atoms with Crippen LogP contribution < -0.4 is 10.6 Å². The predicted molar refractivity (Wildman–Crippen MR) is 76.1 cm³/mol. The van der Waals surface area contributed by atoms with Crippen LogP contribution in [-0.2, 0) is 0 Å². The van der Waals surface area contributed by atoms with Crippen LogP contribution in [0.4, 0.5) is 5.69 Å². The molecule has 0 bridgehead atoms. The predicted octanol–water partition coefficient (Wildman–Crippen LogP) is 2.71. The van der Waals surface area contributed by atoms with Crippen molar-refractivity contribution in [3.05, 3.63) is 28.8 Å². The molecular formula is C14H21ClN2O. The van der Waals surface area contributed by atoms with E-state index in [1.165, 1.54) is 0 Å². The summed E-state index contributed by atoms with van der Waals surface area (Å²) in [6.07, 6.45) is 1.55. The van der Waals surface area contributed by atoms with E-state index in [1.54, 1.807) is 0 Å². The second kappa shape index (κ2) is 5.08. The summed E-state index contributed by atoms with van der Waals surface area (Å²) in [4.78, 5) is 2.23. The Bertz CT molecular complexity index is 422. The lowest BCUT2D eigenvalue weighted by Gasteiger charge is -2.37. The number of halogens is 1. The first-order valence-electron chi connectivity index (χ1n) is 6.41. The second-order valence-corrected chi connectivity index (χ2v) is 5.89. The SMILES string of the molecule is C[C@H](N)c1ccc(N2CCC(C)(O)CC2)c(Cl)c1. The minimum Gasteiger partial charge on any atom is -0.390 e. The van der Waals surface area contributed by atoms with Crippen molar-refractivity contribution in [1.29, 1.82) is 0 Å². The van der Waals surface area contributed by atoms with Gasteiger partial charge in [-0.3, -0.25) is 0 Å². The molecule has 1 aliphatic heterocycles. The van der Waals surface area contributed by atoms with Crippen LogP contribution in [0.3, 0.4) is 0 Å². The molecule has 1 aliphatic rings. The molecular weight excluding hydrogens is 248 g/mol. The minimum atomic E-state index is -0.533. The molecule has 0 unspecified atom stereocenters. The summed E-state index contributed by atoms with van der Waals surface area (Å²) >= 11 is 6.32. The van der Waals surface area contributed by atoms with E-state index in [1.807, 2.05) is 32.0 Å². The highest BCUT2D eigenvalue weighted by molar-refractivity contribution is 6.33. The lowest BCUT2D eigenvalue weighted by Crippen LogP contribution is -2.42. The van der Waals surface area contributed by atoms with Gasteiger partial charge < -0.3 is 15.7 Å². The molecule has 0 radical (unpaired) electrons. The van der Waals surface area contributed by atoms with Crippen molar-refractivity contribution in [2.45, 2.75) is 38.3 Å². The van der Waals surface area contributed by atoms with E-state index in [4.69, 9.17) is 17.3 Å². The smallest absolute Gasteiger partial charge is 0.0653 e. The Hall–Kier alpha value is -0.770. The van der Waals surface area contributed by atoms with Crippen molar-refractivity contribution >= 4 is 17.3 Å². The highest BCUT2D eigenvalue weighted by atomic mass is 35.5. The summed E-state index contributed by atoms with van der Waals surface area (Å²) < 4.78 is 0. The molecule has 18 heavy (non-hydrogen) atoms. The molecule has 1 fully saturated rings. The first-order valence-corrected chi connectivity index (χ1v) is 6.79. The third-order valence-corrected chi connectivity index (χ3v) is 3.98. The molecule has 0 amide bonds. The third kappa shape index (κ3) is 2.97. The Morgan fingerprint density at radius 2 is 2.00 bits per heavy atom. The molecule has 0 spiro atoms. The first kappa shape index (κ1) is 13.7. The summed E-state index contributed by atoms with van der Waals surface area (Å²) in [6.45, 7) is 5.52. The van der Waals surface area contributed by atoms with Crippen LogP contribution in [0, 0.1) is 0 Å². The normalized spacial score (nSPS) is 20.8. The number of hydrogen-bond donors (Lipinski definition) is 2. The number of hydrogen-bond acceptors (Lipinski definition) is 3. The number of nitrogens with two attached hydrogens (primary N) is 1. The van der Waals surface area contributed by atoms with Crippen LogP contribution in [0.15, 0.2) is 18.2 Å². The van der Waals surface area contributed by atoms with Gasteiger partial charge in [-0.2, -0.15) is 0 Å². The van der Waals surface area contributed by atoms with Gasteiger partial charge in [0.25, 0.3) is 0 Å². The Kier molecular flexibility index (Phi) is 3.85. The van der Waals surface area contributed by atoms with Crippen LogP contribution in [0.25, 0.3) is 0 Å². The standard InChI is InChI=1S/C14H21ClN2O/c1-10(16)11-3-4-13(12(15)9-11)17-7-5-14(2,18)6-8-17/h3-4,9-10,18H,5-8,16H2,1-2H3/t10-/m0/s1. The van der Waals surface area contributed by atoms with E-state index in [-0.39, 0.29) is 6.04 Å². The van der Waals surface area contributed by atoms with Gasteiger partial charge in [0.05, 0.1) is 16.3 Å². The van der Waals surface area contributed by atoms with Gasteiger partial charge in [-0.25, -0.2) is 0 Å². The van der Waals surface area contributed by atoms with Crippen LogP contribution in [-0.4, -0.2) is 23.8 Å².